The predicted octanol–water partition coefficient (Wildman–Crippen LogP) is -0.0312. The van der Waals surface area contributed by atoms with Gasteiger partial charge in [-0.2, -0.15) is 0 Å². The smallest absolute Gasteiger partial charge is 0.147 e. The van der Waals surface area contributed by atoms with Crippen LogP contribution in [0.4, 0.5) is 0 Å². The van der Waals surface area contributed by atoms with Crippen LogP contribution >= 0.6 is 0 Å². The van der Waals surface area contributed by atoms with Gasteiger partial charge in [0.15, 0.2) is 0 Å². The molecule has 3 nitrogen and oxygen atoms in total. The van der Waals surface area contributed by atoms with E-state index in [1.165, 1.54) is 0 Å². The summed E-state index contributed by atoms with van der Waals surface area (Å²) >= 11 is 0. The van der Waals surface area contributed by atoms with Crippen molar-refractivity contribution in [3.05, 3.63) is 0 Å². The van der Waals surface area contributed by atoms with Crippen molar-refractivity contribution in [1.82, 2.24) is 5.32 Å². The third-order valence-electron chi connectivity index (χ3n) is 1.34. The van der Waals surface area contributed by atoms with Crippen LogP contribution in [-0.2, 0) is 9.47 Å². The van der Waals surface area contributed by atoms with Crippen LogP contribution < -0.4 is 5.32 Å². The monoisotopic (exact) mass is 131 g/mol. The zero-order valence-corrected chi connectivity index (χ0v) is 5.72. The summed E-state index contributed by atoms with van der Waals surface area (Å²) in [7, 11) is 0. The van der Waals surface area contributed by atoms with Crippen LogP contribution in [-0.4, -0.2) is 32.6 Å². The summed E-state index contributed by atoms with van der Waals surface area (Å²) in [6.07, 6.45) is 0.400. The lowest BCUT2D eigenvalue weighted by Gasteiger charge is -2.26. The Morgan fingerprint density at radius 3 is 2.78 bits per heavy atom. The fourth-order valence-corrected chi connectivity index (χ4v) is 0.608. The van der Waals surface area contributed by atoms with Gasteiger partial charge in [0, 0.05) is 19.7 Å². The van der Waals surface area contributed by atoms with Gasteiger partial charge in [-0.05, 0) is 6.92 Å². The zero-order chi connectivity index (χ0) is 6.53. The lowest BCUT2D eigenvalue weighted by atomic mass is 10.2. The molecule has 0 amide bonds. The molecular formula is C6H13NO2. The van der Waals surface area contributed by atoms with E-state index in [9.17, 15) is 0 Å². The van der Waals surface area contributed by atoms with Crippen LogP contribution in [0, 0.1) is 0 Å². The second-order valence-electron chi connectivity index (χ2n) is 2.06. The van der Waals surface area contributed by atoms with Crippen molar-refractivity contribution in [3.63, 3.8) is 0 Å². The van der Waals surface area contributed by atoms with E-state index in [0.29, 0.717) is 12.9 Å². The van der Waals surface area contributed by atoms with E-state index in [-0.39, 0.29) is 0 Å². The fraction of sp³-hybridized carbons (Fsp3) is 1.00. The van der Waals surface area contributed by atoms with Gasteiger partial charge in [-0.1, -0.05) is 0 Å². The van der Waals surface area contributed by atoms with E-state index in [4.69, 9.17) is 9.47 Å². The molecule has 1 N–H and O–H groups in total. The molecule has 9 heavy (non-hydrogen) atoms. The van der Waals surface area contributed by atoms with Gasteiger partial charge in [-0.25, -0.2) is 0 Å². The first-order valence-corrected chi connectivity index (χ1v) is 3.33. The first kappa shape index (κ1) is 6.99. The Morgan fingerprint density at radius 1 is 1.56 bits per heavy atom. The number of hydrogen-bond donors (Lipinski definition) is 1. The van der Waals surface area contributed by atoms with Gasteiger partial charge in [-0.15, -0.1) is 0 Å². The molecular weight excluding hydrogens is 118 g/mol. The molecule has 0 aliphatic carbocycles. The SMILES string of the molecule is CCOCOC1CNC1. The van der Waals surface area contributed by atoms with Crippen molar-refractivity contribution >= 4 is 0 Å². The molecule has 0 aromatic heterocycles. The molecule has 1 aliphatic heterocycles. The van der Waals surface area contributed by atoms with Crippen LogP contribution in [0.15, 0.2) is 0 Å². The highest BCUT2D eigenvalue weighted by atomic mass is 16.7. The Kier molecular flexibility index (Phi) is 2.97. The highest BCUT2D eigenvalue weighted by Gasteiger charge is 2.16. The van der Waals surface area contributed by atoms with Gasteiger partial charge < -0.3 is 14.8 Å². The maximum absolute atomic E-state index is 5.23. The predicted molar refractivity (Wildman–Crippen MR) is 34.2 cm³/mol. The van der Waals surface area contributed by atoms with E-state index in [1.807, 2.05) is 6.92 Å². The maximum Gasteiger partial charge on any atom is 0.147 e. The van der Waals surface area contributed by atoms with E-state index in [2.05, 4.69) is 5.32 Å². The van der Waals surface area contributed by atoms with Gasteiger partial charge >= 0.3 is 0 Å². The minimum absolute atomic E-state index is 0.400. The molecule has 0 aromatic rings. The summed E-state index contributed by atoms with van der Waals surface area (Å²) in [5.74, 6) is 0. The second-order valence-corrected chi connectivity index (χ2v) is 2.06. The Morgan fingerprint density at radius 2 is 2.33 bits per heavy atom. The second kappa shape index (κ2) is 3.82. The Labute approximate surface area is 55.3 Å². The molecule has 1 aliphatic rings. The van der Waals surface area contributed by atoms with Crippen molar-refractivity contribution in [2.45, 2.75) is 13.0 Å². The molecule has 0 spiro atoms. The largest absolute Gasteiger partial charge is 0.356 e. The first-order chi connectivity index (χ1) is 4.43. The quantitative estimate of drug-likeness (QED) is 0.429. The lowest BCUT2D eigenvalue weighted by molar-refractivity contribution is -0.0997. The summed E-state index contributed by atoms with van der Waals surface area (Å²) in [6, 6.07) is 0. The number of rotatable bonds is 4. The Balaban J connectivity index is 1.80. The van der Waals surface area contributed by atoms with Crippen LogP contribution in [0.1, 0.15) is 6.92 Å². The molecule has 3 heteroatoms. The van der Waals surface area contributed by atoms with Crippen molar-refractivity contribution < 1.29 is 9.47 Å². The first-order valence-electron chi connectivity index (χ1n) is 3.33. The van der Waals surface area contributed by atoms with Crippen LogP contribution in [0.25, 0.3) is 0 Å². The minimum atomic E-state index is 0.400. The summed E-state index contributed by atoms with van der Waals surface area (Å²) in [4.78, 5) is 0. The highest BCUT2D eigenvalue weighted by molar-refractivity contribution is 4.73. The van der Waals surface area contributed by atoms with Crippen LogP contribution in [0.3, 0.4) is 0 Å². The summed E-state index contributed by atoms with van der Waals surface area (Å²) in [6.45, 7) is 5.10. The molecule has 1 saturated heterocycles. The number of ether oxygens (including phenoxy) is 2. The molecule has 1 rings (SSSR count). The molecule has 0 unspecified atom stereocenters. The van der Waals surface area contributed by atoms with E-state index in [0.717, 1.165) is 19.7 Å². The summed E-state index contributed by atoms with van der Waals surface area (Å²) in [5, 5.41) is 3.11. The number of hydrogen-bond acceptors (Lipinski definition) is 3. The molecule has 0 atom stereocenters. The third-order valence-corrected chi connectivity index (χ3v) is 1.34. The van der Waals surface area contributed by atoms with Gasteiger partial charge in [0.25, 0.3) is 0 Å². The van der Waals surface area contributed by atoms with E-state index in [1.54, 1.807) is 0 Å². The summed E-state index contributed by atoms with van der Waals surface area (Å²) < 4.78 is 10.2. The van der Waals surface area contributed by atoms with Crippen molar-refractivity contribution in [1.29, 1.82) is 0 Å². The average molecular weight is 131 g/mol. The number of nitrogens with one attached hydrogen (secondary N) is 1. The molecule has 0 radical (unpaired) electrons. The van der Waals surface area contributed by atoms with Crippen molar-refractivity contribution in [2.24, 2.45) is 0 Å². The highest BCUT2D eigenvalue weighted by Crippen LogP contribution is 1.96. The van der Waals surface area contributed by atoms with Gasteiger partial charge in [0.05, 0.1) is 6.10 Å². The van der Waals surface area contributed by atoms with Crippen LogP contribution in [0.2, 0.25) is 0 Å². The Hall–Kier alpha value is -0.120. The van der Waals surface area contributed by atoms with Gasteiger partial charge in [0.2, 0.25) is 0 Å². The molecule has 1 heterocycles. The van der Waals surface area contributed by atoms with Gasteiger partial charge in [0.1, 0.15) is 6.79 Å². The lowest BCUT2D eigenvalue weighted by Crippen LogP contribution is -2.48. The summed E-state index contributed by atoms with van der Waals surface area (Å²) in [5.41, 5.74) is 0. The van der Waals surface area contributed by atoms with Gasteiger partial charge in [-0.3, -0.25) is 0 Å². The maximum atomic E-state index is 5.23. The average Bonchev–Trinajstić information content (AvgIpc) is 1.76. The topological polar surface area (TPSA) is 30.5 Å². The fourth-order valence-electron chi connectivity index (χ4n) is 0.608. The third kappa shape index (κ3) is 2.30. The van der Waals surface area contributed by atoms with Crippen molar-refractivity contribution in [3.8, 4) is 0 Å². The molecule has 0 aromatic carbocycles. The Bertz CT molecular complexity index is 73.5. The van der Waals surface area contributed by atoms with E-state index >= 15 is 0 Å². The standard InChI is InChI=1S/C6H13NO2/c1-2-8-5-9-6-3-7-4-6/h6-7H,2-5H2,1H3. The molecule has 1 fully saturated rings. The minimum Gasteiger partial charge on any atom is -0.356 e. The molecule has 0 bridgehead atoms. The van der Waals surface area contributed by atoms with Crippen molar-refractivity contribution in [2.75, 3.05) is 26.5 Å². The van der Waals surface area contributed by atoms with E-state index < -0.39 is 0 Å². The zero-order valence-electron chi connectivity index (χ0n) is 5.72. The molecule has 54 valence electrons. The normalized spacial score (nSPS) is 19.7. The molecule has 0 saturated carbocycles. The van der Waals surface area contributed by atoms with Crippen LogP contribution in [0.5, 0.6) is 0 Å².